The van der Waals surface area contributed by atoms with Crippen molar-refractivity contribution < 1.29 is 28.3 Å². The summed E-state index contributed by atoms with van der Waals surface area (Å²) in [6.45, 7) is 0. The van der Waals surface area contributed by atoms with E-state index in [2.05, 4.69) is 5.32 Å². The molecule has 2 rings (SSSR count). The van der Waals surface area contributed by atoms with Crippen LogP contribution in [0.5, 0.6) is 11.5 Å². The number of halogens is 2. The molecule has 0 aromatic heterocycles. The number of phenolic OH excluding ortho intramolecular Hbond substituents is 1. The minimum atomic E-state index is -2.57. The van der Waals surface area contributed by atoms with E-state index in [1.807, 2.05) is 0 Å². The third-order valence-electron chi connectivity index (χ3n) is 3.51. The number of thioether (sulfide) groups is 1. The van der Waals surface area contributed by atoms with Gasteiger partial charge in [-0.05, 0) is 42.0 Å². The van der Waals surface area contributed by atoms with Gasteiger partial charge in [-0.3, -0.25) is 14.9 Å². The Kier molecular flexibility index (Phi) is 7.10. The van der Waals surface area contributed by atoms with Gasteiger partial charge in [-0.25, -0.2) is 0 Å². The minimum Gasteiger partial charge on any atom is -0.500 e. The first-order chi connectivity index (χ1) is 13.7. The molecule has 1 amide bonds. The van der Waals surface area contributed by atoms with Gasteiger partial charge < -0.3 is 15.2 Å². The van der Waals surface area contributed by atoms with Crippen LogP contribution in [0.2, 0.25) is 0 Å². The zero-order valence-electron chi connectivity index (χ0n) is 14.8. The molecule has 0 saturated heterocycles. The second-order valence-corrected chi connectivity index (χ2v) is 6.44. The van der Waals surface area contributed by atoms with Crippen LogP contribution in [-0.4, -0.2) is 28.8 Å². The molecule has 0 aliphatic carbocycles. The van der Waals surface area contributed by atoms with E-state index in [0.29, 0.717) is 16.7 Å². The first-order valence-corrected chi connectivity index (χ1v) is 8.66. The Bertz CT molecular complexity index is 1000. The number of hydrogen-bond acceptors (Lipinski definition) is 7. The number of rotatable bonds is 7. The maximum atomic E-state index is 12.3. The van der Waals surface area contributed by atoms with Crippen molar-refractivity contribution in [2.24, 2.45) is 0 Å². The van der Waals surface area contributed by atoms with E-state index in [1.165, 1.54) is 37.4 Å². The average Bonchev–Trinajstić information content (AvgIpc) is 2.67. The fourth-order valence-electron chi connectivity index (χ4n) is 2.23. The number of ether oxygens (including phenoxy) is 1. The SMILES string of the molecule is COc1cc(C=C(C#N)C(=O)Nc2ccc(SC(F)F)cc2)cc([N+](=O)[O-])c1O. The second-order valence-electron chi connectivity index (χ2n) is 5.37. The fraction of sp³-hybridized carbons (Fsp3) is 0.111. The van der Waals surface area contributed by atoms with E-state index < -0.39 is 28.0 Å². The maximum Gasteiger partial charge on any atom is 0.315 e. The molecular formula is C18H13F2N3O5S. The van der Waals surface area contributed by atoms with Crippen LogP contribution in [0.4, 0.5) is 20.2 Å². The van der Waals surface area contributed by atoms with Crippen LogP contribution in [0.15, 0.2) is 46.9 Å². The summed E-state index contributed by atoms with van der Waals surface area (Å²) in [5.74, 6) is -4.26. The lowest BCUT2D eigenvalue weighted by atomic mass is 10.1. The van der Waals surface area contributed by atoms with Crippen molar-refractivity contribution >= 4 is 35.1 Å². The maximum absolute atomic E-state index is 12.3. The number of nitro groups is 1. The normalized spacial score (nSPS) is 11.1. The standard InChI is InChI=1S/C18H13F2N3O5S/c1-28-15-8-10(7-14(16(15)24)23(26)27)6-11(9-21)17(25)22-12-2-4-13(5-3-12)29-18(19)20/h2-8,18,24H,1H3,(H,22,25). The molecule has 0 fully saturated rings. The first kappa shape index (κ1) is 21.6. The summed E-state index contributed by atoms with van der Waals surface area (Å²) in [5, 5.41) is 32.5. The van der Waals surface area contributed by atoms with Gasteiger partial charge in [0.05, 0.1) is 12.0 Å². The smallest absolute Gasteiger partial charge is 0.315 e. The summed E-state index contributed by atoms with van der Waals surface area (Å²) in [6.07, 6.45) is 1.09. The lowest BCUT2D eigenvalue weighted by Gasteiger charge is -2.07. The number of methoxy groups -OCH3 is 1. The van der Waals surface area contributed by atoms with Crippen molar-refractivity contribution in [2.45, 2.75) is 10.7 Å². The topological polar surface area (TPSA) is 125 Å². The number of hydrogen-bond donors (Lipinski definition) is 2. The monoisotopic (exact) mass is 421 g/mol. The van der Waals surface area contributed by atoms with Crippen LogP contribution in [0.25, 0.3) is 6.08 Å². The van der Waals surface area contributed by atoms with E-state index in [9.17, 15) is 34.1 Å². The van der Waals surface area contributed by atoms with Gasteiger partial charge in [0.15, 0.2) is 5.75 Å². The number of carbonyl (C=O) groups excluding carboxylic acids is 1. The zero-order chi connectivity index (χ0) is 21.6. The lowest BCUT2D eigenvalue weighted by Crippen LogP contribution is -2.13. The van der Waals surface area contributed by atoms with Gasteiger partial charge in [0.2, 0.25) is 5.75 Å². The summed E-state index contributed by atoms with van der Waals surface area (Å²) in [5.41, 5.74) is -0.677. The molecule has 0 bridgehead atoms. The third-order valence-corrected chi connectivity index (χ3v) is 4.23. The Balaban J connectivity index is 2.27. The number of carbonyl (C=O) groups is 1. The molecule has 0 spiro atoms. The van der Waals surface area contributed by atoms with Gasteiger partial charge in [0.1, 0.15) is 11.6 Å². The molecule has 0 aliphatic rings. The Morgan fingerprint density at radius 3 is 2.55 bits per heavy atom. The highest BCUT2D eigenvalue weighted by molar-refractivity contribution is 7.99. The molecule has 0 unspecified atom stereocenters. The van der Waals surface area contributed by atoms with Gasteiger partial charge in [0.25, 0.3) is 11.7 Å². The lowest BCUT2D eigenvalue weighted by molar-refractivity contribution is -0.386. The number of anilines is 1. The molecule has 8 nitrogen and oxygen atoms in total. The third kappa shape index (κ3) is 5.66. The molecule has 150 valence electrons. The van der Waals surface area contributed by atoms with Gasteiger partial charge in [-0.2, -0.15) is 14.0 Å². The molecule has 2 N–H and O–H groups in total. The quantitative estimate of drug-likeness (QED) is 0.226. The number of nitriles is 1. The molecule has 0 saturated carbocycles. The summed E-state index contributed by atoms with van der Waals surface area (Å²) >= 11 is 0.350. The Morgan fingerprint density at radius 2 is 2.03 bits per heavy atom. The summed E-state index contributed by atoms with van der Waals surface area (Å²) in [4.78, 5) is 22.8. The predicted molar refractivity (Wildman–Crippen MR) is 102 cm³/mol. The number of nitrogens with zero attached hydrogens (tertiary/aromatic N) is 2. The van der Waals surface area contributed by atoms with Gasteiger partial charge >= 0.3 is 5.69 Å². The Labute approximate surface area is 167 Å². The highest BCUT2D eigenvalue weighted by Gasteiger charge is 2.20. The van der Waals surface area contributed by atoms with Crippen molar-refractivity contribution in [1.82, 2.24) is 0 Å². The minimum absolute atomic E-state index is 0.0849. The molecule has 0 aliphatic heterocycles. The van der Waals surface area contributed by atoms with E-state index in [4.69, 9.17) is 4.74 Å². The molecule has 29 heavy (non-hydrogen) atoms. The van der Waals surface area contributed by atoms with Crippen molar-refractivity contribution in [3.8, 4) is 17.6 Å². The molecule has 11 heteroatoms. The van der Waals surface area contributed by atoms with Crippen LogP contribution >= 0.6 is 11.8 Å². The van der Waals surface area contributed by atoms with Crippen molar-refractivity contribution in [3.05, 3.63) is 57.6 Å². The number of alkyl halides is 2. The molecule has 0 heterocycles. The summed E-state index contributed by atoms with van der Waals surface area (Å²) in [6, 6.07) is 9.45. The van der Waals surface area contributed by atoms with E-state index in [-0.39, 0.29) is 22.6 Å². The van der Waals surface area contributed by atoms with E-state index in [0.717, 1.165) is 12.1 Å². The van der Waals surface area contributed by atoms with E-state index >= 15 is 0 Å². The van der Waals surface area contributed by atoms with Crippen molar-refractivity contribution in [2.75, 3.05) is 12.4 Å². The van der Waals surface area contributed by atoms with Crippen LogP contribution in [-0.2, 0) is 4.79 Å². The van der Waals surface area contributed by atoms with Crippen LogP contribution in [0.1, 0.15) is 5.56 Å². The van der Waals surface area contributed by atoms with Crippen LogP contribution < -0.4 is 10.1 Å². The largest absolute Gasteiger partial charge is 0.500 e. The average molecular weight is 421 g/mol. The molecule has 0 atom stereocenters. The fourth-order valence-corrected chi connectivity index (χ4v) is 2.72. The number of amides is 1. The van der Waals surface area contributed by atoms with Crippen LogP contribution in [0.3, 0.4) is 0 Å². The molecular weight excluding hydrogens is 408 g/mol. The van der Waals surface area contributed by atoms with Gasteiger partial charge in [-0.15, -0.1) is 0 Å². The van der Waals surface area contributed by atoms with Crippen LogP contribution in [0, 0.1) is 21.4 Å². The Hall–Kier alpha value is -3.65. The second kappa shape index (κ2) is 9.52. The van der Waals surface area contributed by atoms with Gasteiger partial charge in [0, 0.05) is 16.6 Å². The Morgan fingerprint density at radius 1 is 1.38 bits per heavy atom. The van der Waals surface area contributed by atoms with Crippen molar-refractivity contribution in [3.63, 3.8) is 0 Å². The zero-order valence-corrected chi connectivity index (χ0v) is 15.6. The molecule has 0 radical (unpaired) electrons. The number of nitro benzene ring substituents is 1. The number of phenols is 1. The van der Waals surface area contributed by atoms with Crippen molar-refractivity contribution in [1.29, 1.82) is 5.26 Å². The number of aromatic hydroxyl groups is 1. The molecule has 2 aromatic rings. The predicted octanol–water partition coefficient (Wildman–Crippen LogP) is 4.17. The summed E-state index contributed by atoms with van der Waals surface area (Å²) in [7, 11) is 1.19. The van der Waals surface area contributed by atoms with E-state index in [1.54, 1.807) is 6.07 Å². The van der Waals surface area contributed by atoms with Gasteiger partial charge in [-0.1, -0.05) is 11.8 Å². The number of benzene rings is 2. The first-order valence-electron chi connectivity index (χ1n) is 7.78. The highest BCUT2D eigenvalue weighted by Crippen LogP contribution is 2.37. The highest BCUT2D eigenvalue weighted by atomic mass is 32.2. The summed E-state index contributed by atoms with van der Waals surface area (Å²) < 4.78 is 29.5. The molecule has 2 aromatic carbocycles. The number of nitrogens with one attached hydrogen (secondary N) is 1.